The van der Waals surface area contributed by atoms with Crippen molar-refractivity contribution < 1.29 is 0 Å². The van der Waals surface area contributed by atoms with Crippen LogP contribution in [0.1, 0.15) is 29.2 Å². The molecular formula is C16H23N3. The number of hydrogen-bond acceptors (Lipinski definition) is 2. The fourth-order valence-corrected chi connectivity index (χ4v) is 2.34. The molecule has 0 bridgehead atoms. The van der Waals surface area contributed by atoms with Crippen LogP contribution in [-0.2, 0) is 13.1 Å². The summed E-state index contributed by atoms with van der Waals surface area (Å²) in [5.74, 6) is 1.12. The number of hydrogen-bond donors (Lipinski definition) is 1. The van der Waals surface area contributed by atoms with Crippen LogP contribution < -0.4 is 5.32 Å². The fraction of sp³-hybridized carbons (Fsp3) is 0.438. The standard InChI is InChI=1S/C16H23N3/c1-13-14(2)19(15(3)18-13)11-7-10-17-12-16-8-5-4-6-9-16/h4-6,8-9,17H,7,10-12H2,1-3H3. The minimum absolute atomic E-state index is 0.946. The number of aromatic nitrogens is 2. The largest absolute Gasteiger partial charge is 0.332 e. The lowest BCUT2D eigenvalue weighted by Crippen LogP contribution is -2.17. The Hall–Kier alpha value is -1.61. The van der Waals surface area contributed by atoms with Crippen molar-refractivity contribution in [3.05, 3.63) is 53.1 Å². The van der Waals surface area contributed by atoms with E-state index in [0.29, 0.717) is 0 Å². The highest BCUT2D eigenvalue weighted by atomic mass is 15.1. The number of benzene rings is 1. The van der Waals surface area contributed by atoms with E-state index < -0.39 is 0 Å². The predicted molar refractivity (Wildman–Crippen MR) is 79.2 cm³/mol. The first-order valence-corrected chi connectivity index (χ1v) is 6.93. The smallest absolute Gasteiger partial charge is 0.106 e. The Labute approximate surface area is 115 Å². The highest BCUT2D eigenvalue weighted by Gasteiger charge is 2.06. The third-order valence-electron chi connectivity index (χ3n) is 3.56. The van der Waals surface area contributed by atoms with E-state index in [4.69, 9.17) is 0 Å². The van der Waals surface area contributed by atoms with E-state index in [9.17, 15) is 0 Å². The van der Waals surface area contributed by atoms with Crippen molar-refractivity contribution in [1.29, 1.82) is 0 Å². The molecule has 0 radical (unpaired) electrons. The van der Waals surface area contributed by atoms with Crippen LogP contribution in [0.2, 0.25) is 0 Å². The average Bonchev–Trinajstić information content (AvgIpc) is 2.65. The summed E-state index contributed by atoms with van der Waals surface area (Å²) >= 11 is 0. The molecule has 0 saturated heterocycles. The maximum atomic E-state index is 4.50. The summed E-state index contributed by atoms with van der Waals surface area (Å²) in [6, 6.07) is 10.5. The van der Waals surface area contributed by atoms with Crippen LogP contribution in [-0.4, -0.2) is 16.1 Å². The van der Waals surface area contributed by atoms with Crippen molar-refractivity contribution in [3.63, 3.8) is 0 Å². The first-order valence-electron chi connectivity index (χ1n) is 6.93. The van der Waals surface area contributed by atoms with Crippen molar-refractivity contribution in [2.24, 2.45) is 0 Å². The Morgan fingerprint density at radius 3 is 2.47 bits per heavy atom. The van der Waals surface area contributed by atoms with Gasteiger partial charge in [0.05, 0.1) is 5.69 Å². The van der Waals surface area contributed by atoms with E-state index in [1.54, 1.807) is 0 Å². The maximum Gasteiger partial charge on any atom is 0.106 e. The Balaban J connectivity index is 1.72. The Kier molecular flexibility index (Phi) is 4.74. The van der Waals surface area contributed by atoms with Gasteiger partial charge in [-0.3, -0.25) is 0 Å². The molecule has 1 N–H and O–H groups in total. The van der Waals surface area contributed by atoms with Crippen LogP contribution in [0.4, 0.5) is 0 Å². The molecule has 19 heavy (non-hydrogen) atoms. The molecular weight excluding hydrogens is 234 g/mol. The van der Waals surface area contributed by atoms with Gasteiger partial charge in [0.1, 0.15) is 5.82 Å². The Morgan fingerprint density at radius 2 is 1.84 bits per heavy atom. The van der Waals surface area contributed by atoms with Crippen molar-refractivity contribution in [2.75, 3.05) is 6.54 Å². The lowest BCUT2D eigenvalue weighted by molar-refractivity contribution is 0.565. The molecule has 0 aliphatic carbocycles. The summed E-state index contributed by atoms with van der Waals surface area (Å²) in [7, 11) is 0. The normalized spacial score (nSPS) is 10.9. The van der Waals surface area contributed by atoms with Gasteiger partial charge >= 0.3 is 0 Å². The summed E-state index contributed by atoms with van der Waals surface area (Å²) < 4.78 is 2.31. The SMILES string of the molecule is Cc1nc(C)n(CCCNCc2ccccc2)c1C. The number of aryl methyl sites for hydroxylation is 2. The van der Waals surface area contributed by atoms with E-state index in [2.05, 4.69) is 66.0 Å². The van der Waals surface area contributed by atoms with Gasteiger partial charge < -0.3 is 9.88 Å². The molecule has 0 saturated carbocycles. The zero-order valence-electron chi connectivity index (χ0n) is 12.1. The van der Waals surface area contributed by atoms with Crippen LogP contribution >= 0.6 is 0 Å². The molecule has 0 unspecified atom stereocenters. The van der Waals surface area contributed by atoms with Crippen molar-refractivity contribution in [3.8, 4) is 0 Å². The van der Waals surface area contributed by atoms with Gasteiger partial charge in [-0.25, -0.2) is 4.98 Å². The molecule has 2 aromatic rings. The molecule has 102 valence electrons. The molecule has 1 aromatic heterocycles. The zero-order chi connectivity index (χ0) is 13.7. The monoisotopic (exact) mass is 257 g/mol. The summed E-state index contributed by atoms with van der Waals surface area (Å²) in [4.78, 5) is 4.50. The topological polar surface area (TPSA) is 29.9 Å². The number of rotatable bonds is 6. The minimum atomic E-state index is 0.946. The zero-order valence-corrected chi connectivity index (χ0v) is 12.1. The third kappa shape index (κ3) is 3.67. The van der Waals surface area contributed by atoms with Crippen LogP contribution in [0.3, 0.4) is 0 Å². The van der Waals surface area contributed by atoms with Crippen molar-refractivity contribution >= 4 is 0 Å². The van der Waals surface area contributed by atoms with Crippen LogP contribution in [0.5, 0.6) is 0 Å². The Morgan fingerprint density at radius 1 is 1.11 bits per heavy atom. The first-order chi connectivity index (χ1) is 9.18. The van der Waals surface area contributed by atoms with Crippen LogP contribution in [0, 0.1) is 20.8 Å². The van der Waals surface area contributed by atoms with Gasteiger partial charge in [0, 0.05) is 18.8 Å². The van der Waals surface area contributed by atoms with E-state index in [1.807, 2.05) is 0 Å². The molecule has 3 heteroatoms. The second-order valence-electron chi connectivity index (χ2n) is 5.00. The summed E-state index contributed by atoms with van der Waals surface area (Å²) in [6.07, 6.45) is 1.13. The molecule has 0 aliphatic rings. The van der Waals surface area contributed by atoms with Gasteiger partial charge in [-0.1, -0.05) is 30.3 Å². The van der Waals surface area contributed by atoms with E-state index >= 15 is 0 Å². The van der Waals surface area contributed by atoms with E-state index in [-0.39, 0.29) is 0 Å². The number of nitrogens with zero attached hydrogens (tertiary/aromatic N) is 2. The molecule has 0 spiro atoms. The highest BCUT2D eigenvalue weighted by Crippen LogP contribution is 2.09. The molecule has 1 aromatic carbocycles. The van der Waals surface area contributed by atoms with Crippen LogP contribution in [0.25, 0.3) is 0 Å². The van der Waals surface area contributed by atoms with E-state index in [1.165, 1.54) is 11.3 Å². The Bertz CT molecular complexity index is 514. The van der Waals surface area contributed by atoms with Gasteiger partial charge in [0.15, 0.2) is 0 Å². The summed E-state index contributed by atoms with van der Waals surface area (Å²) in [5, 5.41) is 3.48. The average molecular weight is 257 g/mol. The van der Waals surface area contributed by atoms with Gasteiger partial charge in [0.2, 0.25) is 0 Å². The second kappa shape index (κ2) is 6.53. The molecule has 0 atom stereocenters. The molecule has 1 heterocycles. The van der Waals surface area contributed by atoms with Crippen molar-refractivity contribution in [2.45, 2.75) is 40.3 Å². The summed E-state index contributed by atoms with van der Waals surface area (Å²) in [5.41, 5.74) is 3.78. The predicted octanol–water partition coefficient (Wildman–Crippen LogP) is 2.99. The van der Waals surface area contributed by atoms with Crippen LogP contribution in [0.15, 0.2) is 30.3 Å². The maximum absolute atomic E-state index is 4.50. The highest BCUT2D eigenvalue weighted by molar-refractivity contribution is 5.14. The first kappa shape index (κ1) is 13.8. The molecule has 0 fully saturated rings. The van der Waals surface area contributed by atoms with E-state index in [0.717, 1.165) is 37.6 Å². The second-order valence-corrected chi connectivity index (χ2v) is 5.00. The number of nitrogens with one attached hydrogen (secondary N) is 1. The molecule has 2 rings (SSSR count). The fourth-order valence-electron chi connectivity index (χ4n) is 2.34. The number of imidazole rings is 1. The molecule has 3 nitrogen and oxygen atoms in total. The molecule has 0 amide bonds. The van der Waals surface area contributed by atoms with Gasteiger partial charge in [-0.05, 0) is 39.3 Å². The summed E-state index contributed by atoms with van der Waals surface area (Å²) in [6.45, 7) is 9.32. The lowest BCUT2D eigenvalue weighted by atomic mass is 10.2. The minimum Gasteiger partial charge on any atom is -0.332 e. The lowest BCUT2D eigenvalue weighted by Gasteiger charge is -2.09. The van der Waals surface area contributed by atoms with Crippen molar-refractivity contribution in [1.82, 2.24) is 14.9 Å². The van der Waals surface area contributed by atoms with Gasteiger partial charge in [0.25, 0.3) is 0 Å². The van der Waals surface area contributed by atoms with Gasteiger partial charge in [-0.15, -0.1) is 0 Å². The molecule has 0 aliphatic heterocycles. The van der Waals surface area contributed by atoms with Gasteiger partial charge in [-0.2, -0.15) is 0 Å². The third-order valence-corrected chi connectivity index (χ3v) is 3.56. The quantitative estimate of drug-likeness (QED) is 0.806.